The van der Waals surface area contributed by atoms with Gasteiger partial charge in [-0.25, -0.2) is 4.98 Å². The number of anilines is 1. The standard InChI is InChI=1S/C10H10BrN3OS/c1-6-2-10(3-6,5-12)8(15)14-9-13-4-7(11)16-9/h4,6H,2-3H2,1H3,(H,13,14,15). The second-order valence-electron chi connectivity index (χ2n) is 4.13. The number of amides is 1. The number of carbonyl (C=O) groups excluding carboxylic acids is 1. The number of thiazole rings is 1. The SMILES string of the molecule is CC1CC(C#N)(C(=O)Nc2ncc(Br)s2)C1. The van der Waals surface area contributed by atoms with Crippen molar-refractivity contribution in [3.8, 4) is 6.07 Å². The van der Waals surface area contributed by atoms with E-state index in [4.69, 9.17) is 5.26 Å². The van der Waals surface area contributed by atoms with E-state index in [9.17, 15) is 4.79 Å². The van der Waals surface area contributed by atoms with Crippen molar-refractivity contribution in [3.63, 3.8) is 0 Å². The highest BCUT2D eigenvalue weighted by Crippen LogP contribution is 2.45. The Hall–Kier alpha value is -0.930. The molecule has 1 N–H and O–H groups in total. The van der Waals surface area contributed by atoms with Crippen LogP contribution in [0, 0.1) is 22.7 Å². The quantitative estimate of drug-likeness (QED) is 0.913. The number of nitriles is 1. The van der Waals surface area contributed by atoms with Gasteiger partial charge in [0.15, 0.2) is 5.13 Å². The van der Waals surface area contributed by atoms with Crippen molar-refractivity contribution in [2.24, 2.45) is 11.3 Å². The lowest BCUT2D eigenvalue weighted by Crippen LogP contribution is -2.45. The molecule has 0 bridgehead atoms. The van der Waals surface area contributed by atoms with Gasteiger partial charge in [-0.3, -0.25) is 4.79 Å². The van der Waals surface area contributed by atoms with Gasteiger partial charge < -0.3 is 5.32 Å². The fraction of sp³-hybridized carbons (Fsp3) is 0.500. The molecular weight excluding hydrogens is 290 g/mol. The lowest BCUT2D eigenvalue weighted by atomic mass is 9.63. The predicted molar refractivity (Wildman–Crippen MR) is 64.9 cm³/mol. The van der Waals surface area contributed by atoms with Gasteiger partial charge in [-0.1, -0.05) is 18.3 Å². The lowest BCUT2D eigenvalue weighted by Gasteiger charge is -2.38. The third-order valence-electron chi connectivity index (χ3n) is 2.74. The van der Waals surface area contributed by atoms with Crippen LogP contribution in [0.3, 0.4) is 0 Å². The third-order valence-corrected chi connectivity index (χ3v) is 4.13. The van der Waals surface area contributed by atoms with Gasteiger partial charge in [0.05, 0.1) is 16.1 Å². The molecule has 6 heteroatoms. The zero-order valence-corrected chi connectivity index (χ0v) is 11.1. The first kappa shape index (κ1) is 11.6. The Kier molecular flexibility index (Phi) is 3.00. The normalized spacial score (nSPS) is 27.9. The van der Waals surface area contributed by atoms with E-state index in [-0.39, 0.29) is 5.91 Å². The summed E-state index contributed by atoms with van der Waals surface area (Å²) in [5.41, 5.74) is -0.836. The molecule has 0 saturated heterocycles. The molecule has 84 valence electrons. The molecule has 1 aliphatic carbocycles. The first-order chi connectivity index (χ1) is 7.55. The van der Waals surface area contributed by atoms with Crippen LogP contribution in [0.1, 0.15) is 19.8 Å². The van der Waals surface area contributed by atoms with Crippen LogP contribution in [0.5, 0.6) is 0 Å². The summed E-state index contributed by atoms with van der Waals surface area (Å²) in [6.45, 7) is 2.04. The second-order valence-corrected chi connectivity index (χ2v) is 6.54. The van der Waals surface area contributed by atoms with Gasteiger partial charge in [-0.05, 0) is 34.7 Å². The van der Waals surface area contributed by atoms with Gasteiger partial charge in [0, 0.05) is 0 Å². The summed E-state index contributed by atoms with van der Waals surface area (Å²) < 4.78 is 0.857. The van der Waals surface area contributed by atoms with E-state index in [1.807, 2.05) is 6.92 Å². The third kappa shape index (κ3) is 1.97. The molecule has 1 heterocycles. The average molecular weight is 300 g/mol. The molecule has 1 aliphatic rings. The minimum Gasteiger partial charge on any atom is -0.301 e. The van der Waals surface area contributed by atoms with Crippen LogP contribution in [0.2, 0.25) is 0 Å². The van der Waals surface area contributed by atoms with Crippen molar-refractivity contribution >= 4 is 38.3 Å². The Morgan fingerprint density at radius 2 is 2.50 bits per heavy atom. The molecule has 1 aromatic rings. The van der Waals surface area contributed by atoms with Crippen molar-refractivity contribution in [3.05, 3.63) is 9.98 Å². The highest BCUT2D eigenvalue weighted by atomic mass is 79.9. The zero-order chi connectivity index (χ0) is 11.8. The molecule has 0 aromatic carbocycles. The number of aromatic nitrogens is 1. The van der Waals surface area contributed by atoms with E-state index in [0.29, 0.717) is 23.9 Å². The Labute approximate surface area is 106 Å². The summed E-state index contributed by atoms with van der Waals surface area (Å²) in [5, 5.41) is 12.3. The van der Waals surface area contributed by atoms with Gasteiger partial charge in [-0.15, -0.1) is 0 Å². The summed E-state index contributed by atoms with van der Waals surface area (Å²) in [5.74, 6) is 0.225. The van der Waals surface area contributed by atoms with Crippen molar-refractivity contribution < 1.29 is 4.79 Å². The molecular formula is C10H10BrN3OS. The molecule has 0 aliphatic heterocycles. The Balaban J connectivity index is 2.06. The maximum atomic E-state index is 11.9. The number of halogens is 1. The molecule has 16 heavy (non-hydrogen) atoms. The van der Waals surface area contributed by atoms with Crippen LogP contribution in [-0.2, 0) is 4.79 Å². The molecule has 2 rings (SSSR count). The number of rotatable bonds is 2. The maximum absolute atomic E-state index is 11.9. The summed E-state index contributed by atoms with van der Waals surface area (Å²) in [6, 6.07) is 2.13. The second kappa shape index (κ2) is 4.15. The van der Waals surface area contributed by atoms with E-state index in [2.05, 4.69) is 32.3 Å². The number of nitrogens with one attached hydrogen (secondary N) is 1. The minimum atomic E-state index is -0.836. The van der Waals surface area contributed by atoms with Crippen molar-refractivity contribution in [2.75, 3.05) is 5.32 Å². The van der Waals surface area contributed by atoms with Gasteiger partial charge >= 0.3 is 0 Å². The van der Waals surface area contributed by atoms with Crippen LogP contribution in [0.25, 0.3) is 0 Å². The van der Waals surface area contributed by atoms with Crippen LogP contribution in [0.4, 0.5) is 5.13 Å². The predicted octanol–water partition coefficient (Wildman–Crippen LogP) is 2.78. The number of carbonyl (C=O) groups is 1. The summed E-state index contributed by atoms with van der Waals surface area (Å²) in [7, 11) is 0. The molecule has 0 spiro atoms. The number of hydrogen-bond acceptors (Lipinski definition) is 4. The number of hydrogen-bond donors (Lipinski definition) is 1. The van der Waals surface area contributed by atoms with Crippen LogP contribution in [0.15, 0.2) is 9.98 Å². The Morgan fingerprint density at radius 1 is 1.81 bits per heavy atom. The summed E-state index contributed by atoms with van der Waals surface area (Å²) in [4.78, 5) is 15.9. The smallest absolute Gasteiger partial charge is 0.246 e. The van der Waals surface area contributed by atoms with Crippen LogP contribution >= 0.6 is 27.3 Å². The van der Waals surface area contributed by atoms with Gasteiger partial charge in [0.1, 0.15) is 5.41 Å². The summed E-state index contributed by atoms with van der Waals surface area (Å²) >= 11 is 4.61. The van der Waals surface area contributed by atoms with Crippen LogP contribution < -0.4 is 5.32 Å². The Morgan fingerprint density at radius 3 is 2.94 bits per heavy atom. The molecule has 0 radical (unpaired) electrons. The fourth-order valence-corrected chi connectivity index (χ4v) is 3.09. The van der Waals surface area contributed by atoms with Crippen LogP contribution in [-0.4, -0.2) is 10.9 Å². The average Bonchev–Trinajstić information content (AvgIpc) is 2.58. The summed E-state index contributed by atoms with van der Waals surface area (Å²) in [6.07, 6.45) is 2.91. The maximum Gasteiger partial charge on any atom is 0.246 e. The fourth-order valence-electron chi connectivity index (χ4n) is 1.99. The molecule has 4 nitrogen and oxygen atoms in total. The molecule has 1 aromatic heterocycles. The molecule has 1 saturated carbocycles. The van der Waals surface area contributed by atoms with E-state index < -0.39 is 5.41 Å². The van der Waals surface area contributed by atoms with E-state index in [1.165, 1.54) is 11.3 Å². The molecule has 0 atom stereocenters. The van der Waals surface area contributed by atoms with Gasteiger partial charge in [-0.2, -0.15) is 5.26 Å². The topological polar surface area (TPSA) is 65.8 Å². The first-order valence-electron chi connectivity index (χ1n) is 4.90. The van der Waals surface area contributed by atoms with E-state index in [0.717, 1.165) is 3.79 Å². The van der Waals surface area contributed by atoms with Crippen molar-refractivity contribution in [1.82, 2.24) is 4.98 Å². The zero-order valence-electron chi connectivity index (χ0n) is 8.66. The largest absolute Gasteiger partial charge is 0.301 e. The van der Waals surface area contributed by atoms with E-state index in [1.54, 1.807) is 6.20 Å². The highest BCUT2D eigenvalue weighted by molar-refractivity contribution is 9.11. The monoisotopic (exact) mass is 299 g/mol. The lowest BCUT2D eigenvalue weighted by molar-refractivity contribution is -0.128. The van der Waals surface area contributed by atoms with Gasteiger partial charge in [0.2, 0.25) is 5.91 Å². The van der Waals surface area contributed by atoms with Gasteiger partial charge in [0.25, 0.3) is 0 Å². The van der Waals surface area contributed by atoms with E-state index >= 15 is 0 Å². The number of nitrogens with zero attached hydrogens (tertiary/aromatic N) is 2. The molecule has 1 amide bonds. The Bertz CT molecular complexity index is 459. The van der Waals surface area contributed by atoms with Crippen molar-refractivity contribution in [1.29, 1.82) is 5.26 Å². The molecule has 1 fully saturated rings. The minimum absolute atomic E-state index is 0.227. The first-order valence-corrected chi connectivity index (χ1v) is 6.51. The molecule has 0 unspecified atom stereocenters. The van der Waals surface area contributed by atoms with Crippen molar-refractivity contribution in [2.45, 2.75) is 19.8 Å². The highest BCUT2D eigenvalue weighted by Gasteiger charge is 2.49.